The van der Waals surface area contributed by atoms with Crippen molar-refractivity contribution < 1.29 is 9.47 Å². The third-order valence-corrected chi connectivity index (χ3v) is 4.22. The van der Waals surface area contributed by atoms with Gasteiger partial charge in [-0.1, -0.05) is 32.0 Å². The summed E-state index contributed by atoms with van der Waals surface area (Å²) in [7, 11) is 1.61. The first-order chi connectivity index (χ1) is 13.1. The number of para-hydroxylation sites is 2. The summed E-state index contributed by atoms with van der Waals surface area (Å²) >= 11 is 0. The van der Waals surface area contributed by atoms with Crippen molar-refractivity contribution in [3.05, 3.63) is 53.9 Å². The number of methoxy groups -OCH3 is 1. The molecule has 0 unspecified atom stereocenters. The van der Waals surface area contributed by atoms with E-state index in [4.69, 9.17) is 9.47 Å². The Morgan fingerprint density at radius 3 is 2.74 bits per heavy atom. The predicted octanol–water partition coefficient (Wildman–Crippen LogP) is 5.06. The zero-order chi connectivity index (χ0) is 19.2. The van der Waals surface area contributed by atoms with E-state index in [2.05, 4.69) is 29.9 Å². The number of imidazole rings is 1. The summed E-state index contributed by atoms with van der Waals surface area (Å²) in [6.07, 6.45) is 2.77. The number of rotatable bonds is 7. The van der Waals surface area contributed by atoms with Crippen LogP contribution < -0.4 is 9.47 Å². The summed E-state index contributed by atoms with van der Waals surface area (Å²) in [4.78, 5) is 7.68. The van der Waals surface area contributed by atoms with Gasteiger partial charge < -0.3 is 14.5 Å². The van der Waals surface area contributed by atoms with E-state index in [1.165, 1.54) is 0 Å². The van der Waals surface area contributed by atoms with Crippen LogP contribution in [0, 0.1) is 17.2 Å². The molecule has 0 amide bonds. The SMILES string of the molecule is COc1cc(/C=C(\C#N)c2nc3ccccc3[nH]2)ccc1OCCC(C)C. The molecule has 0 bridgehead atoms. The molecule has 0 aliphatic rings. The maximum atomic E-state index is 9.58. The van der Waals surface area contributed by atoms with E-state index >= 15 is 0 Å². The van der Waals surface area contributed by atoms with Gasteiger partial charge in [0, 0.05) is 0 Å². The zero-order valence-electron chi connectivity index (χ0n) is 15.8. The van der Waals surface area contributed by atoms with Crippen molar-refractivity contribution in [3.8, 4) is 17.6 Å². The Labute approximate surface area is 159 Å². The molecule has 3 rings (SSSR count). The summed E-state index contributed by atoms with van der Waals surface area (Å²) in [5.74, 6) is 2.49. The van der Waals surface area contributed by atoms with E-state index in [-0.39, 0.29) is 0 Å². The van der Waals surface area contributed by atoms with Gasteiger partial charge in [-0.25, -0.2) is 4.98 Å². The van der Waals surface area contributed by atoms with Gasteiger partial charge in [0.25, 0.3) is 0 Å². The highest BCUT2D eigenvalue weighted by atomic mass is 16.5. The van der Waals surface area contributed by atoms with Gasteiger partial charge in [-0.3, -0.25) is 0 Å². The van der Waals surface area contributed by atoms with Crippen LogP contribution in [0.2, 0.25) is 0 Å². The van der Waals surface area contributed by atoms with Crippen molar-refractivity contribution in [2.45, 2.75) is 20.3 Å². The number of hydrogen-bond acceptors (Lipinski definition) is 4. The topological polar surface area (TPSA) is 70.9 Å². The second-order valence-electron chi connectivity index (χ2n) is 6.71. The van der Waals surface area contributed by atoms with Gasteiger partial charge in [0.2, 0.25) is 0 Å². The van der Waals surface area contributed by atoms with Gasteiger partial charge in [-0.2, -0.15) is 5.26 Å². The molecule has 1 heterocycles. The molecule has 138 valence electrons. The number of ether oxygens (including phenoxy) is 2. The van der Waals surface area contributed by atoms with E-state index in [1.807, 2.05) is 42.5 Å². The lowest BCUT2D eigenvalue weighted by Crippen LogP contribution is -2.02. The van der Waals surface area contributed by atoms with E-state index in [0.29, 0.717) is 35.4 Å². The monoisotopic (exact) mass is 361 g/mol. The van der Waals surface area contributed by atoms with E-state index in [0.717, 1.165) is 23.0 Å². The molecule has 0 saturated heterocycles. The molecule has 3 aromatic rings. The van der Waals surface area contributed by atoms with Crippen LogP contribution in [0.15, 0.2) is 42.5 Å². The minimum atomic E-state index is 0.460. The van der Waals surface area contributed by atoms with Gasteiger partial charge in [0.15, 0.2) is 11.5 Å². The van der Waals surface area contributed by atoms with Crippen LogP contribution in [-0.4, -0.2) is 23.7 Å². The molecule has 2 aromatic carbocycles. The number of fused-ring (bicyclic) bond motifs is 1. The van der Waals surface area contributed by atoms with Gasteiger partial charge in [0.05, 0.1) is 30.3 Å². The van der Waals surface area contributed by atoms with Gasteiger partial charge >= 0.3 is 0 Å². The van der Waals surface area contributed by atoms with Gasteiger partial charge in [-0.15, -0.1) is 0 Å². The van der Waals surface area contributed by atoms with E-state index in [1.54, 1.807) is 13.2 Å². The van der Waals surface area contributed by atoms with Crippen molar-refractivity contribution in [2.24, 2.45) is 5.92 Å². The summed E-state index contributed by atoms with van der Waals surface area (Å²) in [6, 6.07) is 15.6. The minimum Gasteiger partial charge on any atom is -0.493 e. The normalized spacial score (nSPS) is 11.6. The average Bonchev–Trinajstić information content (AvgIpc) is 3.10. The third-order valence-electron chi connectivity index (χ3n) is 4.22. The molecule has 0 atom stereocenters. The fourth-order valence-electron chi connectivity index (χ4n) is 2.70. The lowest BCUT2D eigenvalue weighted by atomic mass is 10.1. The number of aromatic amines is 1. The van der Waals surface area contributed by atoms with Crippen LogP contribution in [0.1, 0.15) is 31.7 Å². The number of aromatic nitrogens is 2. The van der Waals surface area contributed by atoms with Crippen molar-refractivity contribution in [3.63, 3.8) is 0 Å². The Morgan fingerprint density at radius 1 is 1.22 bits per heavy atom. The molecule has 0 saturated carbocycles. The lowest BCUT2D eigenvalue weighted by molar-refractivity contribution is 0.273. The molecule has 0 spiro atoms. The highest BCUT2D eigenvalue weighted by Gasteiger charge is 2.10. The standard InChI is InChI=1S/C22H23N3O2/c1-15(2)10-11-27-20-9-8-16(13-21(20)26-3)12-17(14-23)22-24-18-6-4-5-7-19(18)25-22/h4-9,12-13,15H,10-11H2,1-3H3,(H,24,25)/b17-12+. The predicted molar refractivity (Wildman–Crippen MR) is 108 cm³/mol. The minimum absolute atomic E-state index is 0.460. The summed E-state index contributed by atoms with van der Waals surface area (Å²) in [5, 5.41) is 9.58. The number of nitriles is 1. The number of hydrogen-bond donors (Lipinski definition) is 1. The molecular formula is C22H23N3O2. The van der Waals surface area contributed by atoms with Crippen molar-refractivity contribution in [2.75, 3.05) is 13.7 Å². The highest BCUT2D eigenvalue weighted by Crippen LogP contribution is 2.30. The van der Waals surface area contributed by atoms with Crippen LogP contribution >= 0.6 is 0 Å². The molecular weight excluding hydrogens is 338 g/mol. The summed E-state index contributed by atoms with van der Waals surface area (Å²) in [5.41, 5.74) is 3.04. The molecule has 1 aromatic heterocycles. The second kappa shape index (κ2) is 8.41. The molecule has 5 nitrogen and oxygen atoms in total. The summed E-state index contributed by atoms with van der Waals surface area (Å²) in [6.45, 7) is 4.97. The molecule has 27 heavy (non-hydrogen) atoms. The molecule has 0 aliphatic carbocycles. The fraction of sp³-hybridized carbons (Fsp3) is 0.273. The van der Waals surface area contributed by atoms with Crippen molar-refractivity contribution in [1.29, 1.82) is 5.26 Å². The largest absolute Gasteiger partial charge is 0.493 e. The van der Waals surface area contributed by atoms with Crippen LogP contribution in [0.4, 0.5) is 0 Å². The maximum absolute atomic E-state index is 9.58. The Hall–Kier alpha value is -3.26. The van der Waals surface area contributed by atoms with Crippen LogP contribution in [-0.2, 0) is 0 Å². The molecule has 0 fully saturated rings. The number of nitrogens with zero attached hydrogens (tertiary/aromatic N) is 2. The summed E-state index contributed by atoms with van der Waals surface area (Å²) < 4.78 is 11.3. The quantitative estimate of drug-likeness (QED) is 0.597. The number of nitrogens with one attached hydrogen (secondary N) is 1. The average molecular weight is 361 g/mol. The Morgan fingerprint density at radius 2 is 2.04 bits per heavy atom. The maximum Gasteiger partial charge on any atom is 0.161 e. The van der Waals surface area contributed by atoms with Crippen LogP contribution in [0.5, 0.6) is 11.5 Å². The Balaban J connectivity index is 1.86. The van der Waals surface area contributed by atoms with Crippen molar-refractivity contribution >= 4 is 22.7 Å². The van der Waals surface area contributed by atoms with E-state index < -0.39 is 0 Å². The van der Waals surface area contributed by atoms with Crippen molar-refractivity contribution in [1.82, 2.24) is 9.97 Å². The zero-order valence-corrected chi connectivity index (χ0v) is 15.8. The first-order valence-electron chi connectivity index (χ1n) is 8.98. The number of H-pyrrole nitrogens is 1. The molecule has 0 radical (unpaired) electrons. The third kappa shape index (κ3) is 4.48. The highest BCUT2D eigenvalue weighted by molar-refractivity contribution is 5.90. The first-order valence-corrected chi connectivity index (χ1v) is 8.98. The lowest BCUT2D eigenvalue weighted by Gasteiger charge is -2.12. The molecule has 5 heteroatoms. The Kier molecular flexibility index (Phi) is 5.77. The van der Waals surface area contributed by atoms with Crippen LogP contribution in [0.25, 0.3) is 22.7 Å². The van der Waals surface area contributed by atoms with Gasteiger partial charge in [0.1, 0.15) is 11.9 Å². The Bertz CT molecular complexity index is 963. The number of allylic oxidation sites excluding steroid dienone is 1. The second-order valence-corrected chi connectivity index (χ2v) is 6.71. The first kappa shape index (κ1) is 18.5. The fourth-order valence-corrected chi connectivity index (χ4v) is 2.70. The smallest absolute Gasteiger partial charge is 0.161 e. The van der Waals surface area contributed by atoms with Gasteiger partial charge in [-0.05, 0) is 48.2 Å². The van der Waals surface area contributed by atoms with E-state index in [9.17, 15) is 5.26 Å². The molecule has 1 N–H and O–H groups in total. The van der Waals surface area contributed by atoms with Crippen LogP contribution in [0.3, 0.4) is 0 Å². The number of benzene rings is 2. The molecule has 0 aliphatic heterocycles.